The molecule has 20 heavy (non-hydrogen) atoms. The van der Waals surface area contributed by atoms with Crippen molar-refractivity contribution in [1.82, 2.24) is 10.2 Å². The van der Waals surface area contributed by atoms with E-state index in [1.165, 1.54) is 25.0 Å². The summed E-state index contributed by atoms with van der Waals surface area (Å²) in [5.74, 6) is -1.00. The first kappa shape index (κ1) is 13.8. The predicted octanol–water partition coefficient (Wildman–Crippen LogP) is 2.84. The van der Waals surface area contributed by atoms with E-state index in [0.29, 0.717) is 0 Å². The summed E-state index contributed by atoms with van der Waals surface area (Å²) >= 11 is 5.70. The van der Waals surface area contributed by atoms with E-state index >= 15 is 0 Å². The van der Waals surface area contributed by atoms with Crippen molar-refractivity contribution in [3.8, 4) is 0 Å². The van der Waals surface area contributed by atoms with Gasteiger partial charge in [-0.25, -0.2) is 4.39 Å². The van der Waals surface area contributed by atoms with Gasteiger partial charge in [-0.2, -0.15) is 0 Å². The van der Waals surface area contributed by atoms with Crippen molar-refractivity contribution in [3.63, 3.8) is 0 Å². The Morgan fingerprint density at radius 3 is 2.60 bits per heavy atom. The van der Waals surface area contributed by atoms with Crippen molar-refractivity contribution in [3.05, 3.63) is 34.6 Å². The molecule has 0 aromatic heterocycles. The third kappa shape index (κ3) is 2.96. The van der Waals surface area contributed by atoms with Gasteiger partial charge in [0.1, 0.15) is 0 Å². The first-order chi connectivity index (χ1) is 9.65. The van der Waals surface area contributed by atoms with Crippen molar-refractivity contribution < 1.29 is 9.18 Å². The Kier molecular flexibility index (Phi) is 3.94. The molecule has 5 heteroatoms. The average molecular weight is 297 g/mol. The standard InChI is InChI=1S/C15H18ClFN2O/c16-13-3-1-2-12(14(13)17)15(20)18-10-6-8-19(9-7-10)11-4-5-11/h1-3,10-11H,4-9H2,(H,18,20). The van der Waals surface area contributed by atoms with Gasteiger partial charge in [0.05, 0.1) is 10.6 Å². The highest BCUT2D eigenvalue weighted by Gasteiger charge is 2.32. The number of piperidine rings is 1. The molecule has 1 amide bonds. The van der Waals surface area contributed by atoms with Gasteiger partial charge in [0.15, 0.2) is 5.82 Å². The van der Waals surface area contributed by atoms with Crippen LogP contribution >= 0.6 is 11.6 Å². The van der Waals surface area contributed by atoms with Gasteiger partial charge in [-0.15, -0.1) is 0 Å². The fourth-order valence-electron chi connectivity index (χ4n) is 2.79. The van der Waals surface area contributed by atoms with E-state index in [1.807, 2.05) is 0 Å². The summed E-state index contributed by atoms with van der Waals surface area (Å²) in [7, 11) is 0. The smallest absolute Gasteiger partial charge is 0.254 e. The lowest BCUT2D eigenvalue weighted by Crippen LogP contribution is -2.45. The number of nitrogens with one attached hydrogen (secondary N) is 1. The first-order valence-electron chi connectivity index (χ1n) is 7.14. The van der Waals surface area contributed by atoms with E-state index in [1.54, 1.807) is 6.07 Å². The SMILES string of the molecule is O=C(NC1CCN(C2CC2)CC1)c1cccc(Cl)c1F. The molecule has 2 fully saturated rings. The molecule has 1 heterocycles. The summed E-state index contributed by atoms with van der Waals surface area (Å²) in [5.41, 5.74) is 0.0297. The molecule has 1 aliphatic carbocycles. The zero-order valence-electron chi connectivity index (χ0n) is 11.2. The van der Waals surface area contributed by atoms with Crippen LogP contribution in [0.4, 0.5) is 4.39 Å². The summed E-state index contributed by atoms with van der Waals surface area (Å²) in [6, 6.07) is 5.42. The van der Waals surface area contributed by atoms with E-state index in [4.69, 9.17) is 11.6 Å². The second-order valence-corrected chi connectivity index (χ2v) is 6.02. The Labute approximate surface area is 123 Å². The fraction of sp³-hybridized carbons (Fsp3) is 0.533. The van der Waals surface area contributed by atoms with Crippen LogP contribution in [0.15, 0.2) is 18.2 Å². The highest BCUT2D eigenvalue weighted by molar-refractivity contribution is 6.31. The number of likely N-dealkylation sites (tertiary alicyclic amines) is 1. The minimum Gasteiger partial charge on any atom is -0.349 e. The predicted molar refractivity (Wildman–Crippen MR) is 76.5 cm³/mol. The molecule has 1 aromatic rings. The molecule has 1 saturated carbocycles. The Hall–Kier alpha value is -1.13. The molecule has 1 N–H and O–H groups in total. The largest absolute Gasteiger partial charge is 0.349 e. The minimum atomic E-state index is -0.637. The molecule has 0 atom stereocenters. The van der Waals surface area contributed by atoms with Gasteiger partial charge in [0.2, 0.25) is 0 Å². The summed E-state index contributed by atoms with van der Waals surface area (Å²) in [6.45, 7) is 2.04. The summed E-state index contributed by atoms with van der Waals surface area (Å²) < 4.78 is 13.8. The number of carbonyl (C=O) groups excluding carboxylic acids is 1. The van der Waals surface area contributed by atoms with Crippen LogP contribution in [0.1, 0.15) is 36.0 Å². The number of nitrogens with zero attached hydrogens (tertiary/aromatic N) is 1. The molecular formula is C15H18ClFN2O. The number of carbonyl (C=O) groups is 1. The maximum Gasteiger partial charge on any atom is 0.254 e. The number of benzene rings is 1. The zero-order valence-corrected chi connectivity index (χ0v) is 12.0. The van der Waals surface area contributed by atoms with Crippen LogP contribution in [-0.2, 0) is 0 Å². The van der Waals surface area contributed by atoms with Crippen LogP contribution in [-0.4, -0.2) is 36.0 Å². The Morgan fingerprint density at radius 2 is 1.95 bits per heavy atom. The van der Waals surface area contributed by atoms with E-state index < -0.39 is 5.82 Å². The molecule has 1 saturated heterocycles. The third-order valence-electron chi connectivity index (χ3n) is 4.12. The maximum atomic E-state index is 13.8. The number of rotatable bonds is 3. The molecule has 0 bridgehead atoms. The second kappa shape index (κ2) is 5.70. The van der Waals surface area contributed by atoms with Gasteiger partial charge >= 0.3 is 0 Å². The summed E-state index contributed by atoms with van der Waals surface area (Å²) in [4.78, 5) is 14.6. The van der Waals surface area contributed by atoms with Crippen LogP contribution in [0, 0.1) is 5.82 Å². The molecular weight excluding hydrogens is 279 g/mol. The van der Waals surface area contributed by atoms with Crippen LogP contribution in [0.25, 0.3) is 0 Å². The number of hydrogen-bond donors (Lipinski definition) is 1. The molecule has 3 rings (SSSR count). The lowest BCUT2D eigenvalue weighted by molar-refractivity contribution is 0.0905. The molecule has 1 aliphatic heterocycles. The third-order valence-corrected chi connectivity index (χ3v) is 4.42. The number of amides is 1. The van der Waals surface area contributed by atoms with Crippen molar-refractivity contribution in [2.24, 2.45) is 0 Å². The average Bonchev–Trinajstić information content (AvgIpc) is 3.27. The van der Waals surface area contributed by atoms with Gasteiger partial charge in [-0.1, -0.05) is 17.7 Å². The van der Waals surface area contributed by atoms with E-state index in [2.05, 4.69) is 10.2 Å². The second-order valence-electron chi connectivity index (χ2n) is 5.62. The molecule has 0 spiro atoms. The lowest BCUT2D eigenvalue weighted by atomic mass is 10.0. The van der Waals surface area contributed by atoms with Crippen molar-refractivity contribution in [1.29, 1.82) is 0 Å². The summed E-state index contributed by atoms with van der Waals surface area (Å²) in [6.07, 6.45) is 4.49. The number of halogens is 2. The topological polar surface area (TPSA) is 32.3 Å². The molecule has 0 radical (unpaired) electrons. The van der Waals surface area contributed by atoms with Gasteiger partial charge in [0, 0.05) is 25.2 Å². The fourth-order valence-corrected chi connectivity index (χ4v) is 2.97. The highest BCUT2D eigenvalue weighted by atomic mass is 35.5. The van der Waals surface area contributed by atoms with Crippen LogP contribution in [0.3, 0.4) is 0 Å². The Balaban J connectivity index is 1.57. The maximum absolute atomic E-state index is 13.8. The van der Waals surface area contributed by atoms with E-state index in [0.717, 1.165) is 32.0 Å². The lowest BCUT2D eigenvalue weighted by Gasteiger charge is -2.32. The normalized spacial score (nSPS) is 20.9. The number of hydrogen-bond acceptors (Lipinski definition) is 2. The van der Waals surface area contributed by atoms with Crippen molar-refractivity contribution in [2.75, 3.05) is 13.1 Å². The monoisotopic (exact) mass is 296 g/mol. The van der Waals surface area contributed by atoms with Crippen LogP contribution < -0.4 is 5.32 Å². The van der Waals surface area contributed by atoms with E-state index in [9.17, 15) is 9.18 Å². The Morgan fingerprint density at radius 1 is 1.25 bits per heavy atom. The zero-order chi connectivity index (χ0) is 14.1. The van der Waals surface area contributed by atoms with E-state index in [-0.39, 0.29) is 22.5 Å². The van der Waals surface area contributed by atoms with Crippen molar-refractivity contribution >= 4 is 17.5 Å². The molecule has 0 unspecified atom stereocenters. The van der Waals surface area contributed by atoms with Crippen LogP contribution in [0.2, 0.25) is 5.02 Å². The molecule has 108 valence electrons. The Bertz CT molecular complexity index is 511. The molecule has 2 aliphatic rings. The highest BCUT2D eigenvalue weighted by Crippen LogP contribution is 2.29. The molecule has 1 aromatic carbocycles. The van der Waals surface area contributed by atoms with Crippen molar-refractivity contribution in [2.45, 2.75) is 37.8 Å². The molecule has 3 nitrogen and oxygen atoms in total. The summed E-state index contributed by atoms with van der Waals surface area (Å²) in [5, 5.41) is 2.91. The van der Waals surface area contributed by atoms with Gasteiger partial charge in [0.25, 0.3) is 5.91 Å². The quantitative estimate of drug-likeness (QED) is 0.930. The van der Waals surface area contributed by atoms with Gasteiger partial charge in [-0.05, 0) is 37.8 Å². The van der Waals surface area contributed by atoms with Crippen LogP contribution in [0.5, 0.6) is 0 Å². The minimum absolute atomic E-state index is 0.0128. The van der Waals surface area contributed by atoms with Gasteiger partial charge < -0.3 is 10.2 Å². The van der Waals surface area contributed by atoms with Gasteiger partial charge in [-0.3, -0.25) is 4.79 Å². The first-order valence-corrected chi connectivity index (χ1v) is 7.52.